The van der Waals surface area contributed by atoms with Crippen molar-refractivity contribution in [2.45, 2.75) is 13.3 Å². The van der Waals surface area contributed by atoms with Crippen LogP contribution in [0.4, 0.5) is 0 Å². The zero-order chi connectivity index (χ0) is 11.9. The van der Waals surface area contributed by atoms with Crippen molar-refractivity contribution in [1.29, 1.82) is 0 Å². The number of carbonyl (C=O) groups is 1. The predicted octanol–water partition coefficient (Wildman–Crippen LogP) is -0.541. The molecule has 0 heterocycles. The van der Waals surface area contributed by atoms with Gasteiger partial charge in [-0.25, -0.2) is 4.79 Å². The molecule has 0 aliphatic carbocycles. The molecule has 15 heavy (non-hydrogen) atoms. The summed E-state index contributed by atoms with van der Waals surface area (Å²) in [6, 6.07) is 0. The molecule has 5 heteroatoms. The number of allylic oxidation sites excluding steroid dienone is 1. The van der Waals surface area contributed by atoms with Crippen molar-refractivity contribution >= 4 is 5.97 Å². The fourth-order valence-electron chi connectivity index (χ4n) is 0.958. The van der Waals surface area contributed by atoms with Crippen LogP contribution < -0.4 is 0 Å². The summed E-state index contributed by atoms with van der Waals surface area (Å²) in [5.74, 6) is -0.460. The van der Waals surface area contributed by atoms with Crippen LogP contribution >= 0.6 is 0 Å². The van der Waals surface area contributed by atoms with Crippen LogP contribution in [0.1, 0.15) is 13.3 Å². The van der Waals surface area contributed by atoms with E-state index in [2.05, 4.69) is 4.74 Å². The Kier molecular flexibility index (Phi) is 6.15. The zero-order valence-corrected chi connectivity index (χ0v) is 9.06. The number of methoxy groups -OCH3 is 1. The molecule has 3 N–H and O–H groups in total. The normalized spacial score (nSPS) is 12.7. The minimum atomic E-state index is -0.977. The summed E-state index contributed by atoms with van der Waals surface area (Å²) in [6.07, 6.45) is 1.76. The molecule has 0 saturated heterocycles. The topological polar surface area (TPSA) is 87.0 Å². The van der Waals surface area contributed by atoms with E-state index in [4.69, 9.17) is 15.3 Å². The van der Waals surface area contributed by atoms with Gasteiger partial charge in [-0.2, -0.15) is 0 Å². The maximum atomic E-state index is 11.0. The molecule has 0 aromatic carbocycles. The highest BCUT2D eigenvalue weighted by molar-refractivity contribution is 5.87. The molecule has 0 fully saturated rings. The van der Waals surface area contributed by atoms with Gasteiger partial charge in [0.25, 0.3) is 0 Å². The number of ether oxygens (including phenoxy) is 1. The van der Waals surface area contributed by atoms with Gasteiger partial charge in [-0.1, -0.05) is 6.08 Å². The Labute approximate surface area is 89.0 Å². The minimum absolute atomic E-state index is 0.220. The van der Waals surface area contributed by atoms with Gasteiger partial charge in [-0.05, 0) is 13.3 Å². The van der Waals surface area contributed by atoms with Crippen molar-refractivity contribution in [2.24, 2.45) is 5.41 Å². The molecule has 88 valence electrons. The lowest BCUT2D eigenvalue weighted by Crippen LogP contribution is -2.33. The van der Waals surface area contributed by atoms with Crippen molar-refractivity contribution in [3.8, 4) is 0 Å². The van der Waals surface area contributed by atoms with Crippen molar-refractivity contribution in [2.75, 3.05) is 26.9 Å². The van der Waals surface area contributed by atoms with Gasteiger partial charge >= 0.3 is 5.97 Å². The van der Waals surface area contributed by atoms with Crippen LogP contribution in [-0.2, 0) is 9.53 Å². The summed E-state index contributed by atoms with van der Waals surface area (Å²) < 4.78 is 4.48. The highest BCUT2D eigenvalue weighted by Gasteiger charge is 2.26. The van der Waals surface area contributed by atoms with E-state index in [1.54, 1.807) is 6.92 Å². The summed E-state index contributed by atoms with van der Waals surface area (Å²) in [7, 11) is 1.27. The molecule has 0 aliphatic heterocycles. The minimum Gasteiger partial charge on any atom is -0.466 e. The van der Waals surface area contributed by atoms with Crippen molar-refractivity contribution in [3.63, 3.8) is 0 Å². The van der Waals surface area contributed by atoms with E-state index in [1.165, 1.54) is 13.2 Å². The Morgan fingerprint density at radius 3 is 2.07 bits per heavy atom. The molecule has 5 nitrogen and oxygen atoms in total. The summed E-state index contributed by atoms with van der Waals surface area (Å²) in [6.45, 7) is 0.545. The fourth-order valence-corrected chi connectivity index (χ4v) is 0.958. The third kappa shape index (κ3) is 3.99. The first-order chi connectivity index (χ1) is 7.05. The molecule has 0 atom stereocenters. The molecular weight excluding hydrogens is 200 g/mol. The van der Waals surface area contributed by atoms with Gasteiger partial charge < -0.3 is 20.1 Å². The molecular formula is C10H18O5. The monoisotopic (exact) mass is 218 g/mol. The molecule has 0 rings (SSSR count). The zero-order valence-electron chi connectivity index (χ0n) is 9.06. The van der Waals surface area contributed by atoms with E-state index in [0.29, 0.717) is 5.57 Å². The van der Waals surface area contributed by atoms with Gasteiger partial charge in [-0.3, -0.25) is 0 Å². The van der Waals surface area contributed by atoms with Gasteiger partial charge in [-0.15, -0.1) is 0 Å². The Hall–Kier alpha value is -0.910. The highest BCUT2D eigenvalue weighted by Crippen LogP contribution is 2.21. The van der Waals surface area contributed by atoms with Crippen LogP contribution in [0.2, 0.25) is 0 Å². The Bertz CT molecular complexity index is 222. The average molecular weight is 218 g/mol. The van der Waals surface area contributed by atoms with E-state index in [9.17, 15) is 4.79 Å². The fraction of sp³-hybridized carbons (Fsp3) is 0.700. The summed E-state index contributed by atoms with van der Waals surface area (Å²) in [5.41, 5.74) is -0.591. The van der Waals surface area contributed by atoms with E-state index in [-0.39, 0.29) is 26.2 Å². The maximum Gasteiger partial charge on any atom is 0.333 e. The first-order valence-electron chi connectivity index (χ1n) is 4.63. The molecule has 0 radical (unpaired) electrons. The molecule has 0 spiro atoms. The van der Waals surface area contributed by atoms with Gasteiger partial charge in [0.05, 0.1) is 26.9 Å². The summed E-state index contributed by atoms with van der Waals surface area (Å²) in [4.78, 5) is 11.0. The molecule has 0 saturated carbocycles. The summed E-state index contributed by atoms with van der Waals surface area (Å²) in [5, 5.41) is 27.1. The van der Waals surface area contributed by atoms with Gasteiger partial charge in [0.2, 0.25) is 0 Å². The van der Waals surface area contributed by atoms with Crippen LogP contribution in [0.25, 0.3) is 0 Å². The number of aliphatic hydroxyl groups is 3. The van der Waals surface area contributed by atoms with Crippen LogP contribution in [-0.4, -0.2) is 48.2 Å². The van der Waals surface area contributed by atoms with E-state index in [0.717, 1.165) is 0 Å². The van der Waals surface area contributed by atoms with Crippen molar-refractivity contribution in [1.82, 2.24) is 0 Å². The first-order valence-corrected chi connectivity index (χ1v) is 4.63. The first kappa shape index (κ1) is 14.1. The predicted molar refractivity (Wildman–Crippen MR) is 54.1 cm³/mol. The number of carbonyl (C=O) groups excluding carboxylic acids is 1. The smallest absolute Gasteiger partial charge is 0.333 e. The SMILES string of the molecule is COC(=O)C(C)=CCC(CO)(CO)CO. The average Bonchev–Trinajstić information content (AvgIpc) is 2.30. The summed E-state index contributed by atoms with van der Waals surface area (Å²) >= 11 is 0. The quantitative estimate of drug-likeness (QED) is 0.411. The number of esters is 1. The molecule has 0 amide bonds. The second kappa shape index (κ2) is 6.55. The largest absolute Gasteiger partial charge is 0.466 e. The van der Waals surface area contributed by atoms with Gasteiger partial charge in [0.1, 0.15) is 0 Å². The molecule has 0 unspecified atom stereocenters. The molecule has 0 bridgehead atoms. The van der Waals surface area contributed by atoms with Crippen LogP contribution in [0.15, 0.2) is 11.6 Å². The number of rotatable bonds is 6. The number of hydrogen-bond acceptors (Lipinski definition) is 5. The second-order valence-electron chi connectivity index (χ2n) is 3.56. The van der Waals surface area contributed by atoms with Crippen molar-refractivity contribution in [3.05, 3.63) is 11.6 Å². The van der Waals surface area contributed by atoms with Crippen molar-refractivity contribution < 1.29 is 24.9 Å². The number of aliphatic hydroxyl groups excluding tert-OH is 3. The molecule has 0 aromatic heterocycles. The molecule has 0 aliphatic rings. The standard InChI is InChI=1S/C10H18O5/c1-8(9(14)15-2)3-4-10(5-11,6-12)7-13/h3,11-13H,4-7H2,1-2H3. The van der Waals surface area contributed by atoms with Gasteiger partial charge in [0.15, 0.2) is 0 Å². The number of hydrogen-bond donors (Lipinski definition) is 3. The second-order valence-corrected chi connectivity index (χ2v) is 3.56. The third-order valence-electron chi connectivity index (χ3n) is 2.35. The Morgan fingerprint density at radius 2 is 1.73 bits per heavy atom. The molecule has 0 aromatic rings. The Balaban J connectivity index is 4.50. The van der Waals surface area contributed by atoms with E-state index >= 15 is 0 Å². The van der Waals surface area contributed by atoms with E-state index in [1.807, 2.05) is 0 Å². The highest BCUT2D eigenvalue weighted by atomic mass is 16.5. The van der Waals surface area contributed by atoms with E-state index < -0.39 is 11.4 Å². The van der Waals surface area contributed by atoms with Crippen LogP contribution in [0, 0.1) is 5.41 Å². The lowest BCUT2D eigenvalue weighted by atomic mass is 9.86. The lowest BCUT2D eigenvalue weighted by molar-refractivity contribution is -0.136. The van der Waals surface area contributed by atoms with Gasteiger partial charge in [0, 0.05) is 11.0 Å². The van der Waals surface area contributed by atoms with Crippen LogP contribution in [0.5, 0.6) is 0 Å². The third-order valence-corrected chi connectivity index (χ3v) is 2.35. The Morgan fingerprint density at radius 1 is 1.27 bits per heavy atom. The van der Waals surface area contributed by atoms with Crippen LogP contribution in [0.3, 0.4) is 0 Å². The maximum absolute atomic E-state index is 11.0. The lowest BCUT2D eigenvalue weighted by Gasteiger charge is -2.25.